The minimum Gasteiger partial charge on any atom is -0.398 e. The van der Waals surface area contributed by atoms with Crippen molar-refractivity contribution in [1.29, 1.82) is 0 Å². The van der Waals surface area contributed by atoms with E-state index >= 15 is 0 Å². The summed E-state index contributed by atoms with van der Waals surface area (Å²) in [5.74, 6) is 0. The van der Waals surface area contributed by atoms with Crippen LogP contribution in [0.5, 0.6) is 0 Å². The number of aromatic nitrogens is 1. The molecule has 0 unspecified atom stereocenters. The molecule has 0 saturated heterocycles. The van der Waals surface area contributed by atoms with Gasteiger partial charge in [0.15, 0.2) is 0 Å². The van der Waals surface area contributed by atoms with Gasteiger partial charge in [0.1, 0.15) is 0 Å². The first-order valence-corrected chi connectivity index (χ1v) is 8.04. The van der Waals surface area contributed by atoms with Crippen LogP contribution >= 0.6 is 11.6 Å². The summed E-state index contributed by atoms with van der Waals surface area (Å²) >= 11 is 6.13. The van der Waals surface area contributed by atoms with Crippen molar-refractivity contribution in [1.82, 2.24) is 4.98 Å². The third-order valence-electron chi connectivity index (χ3n) is 4.36. The molecule has 114 valence electrons. The van der Waals surface area contributed by atoms with Crippen LogP contribution in [0.3, 0.4) is 0 Å². The van der Waals surface area contributed by atoms with Crippen molar-refractivity contribution in [2.24, 2.45) is 0 Å². The van der Waals surface area contributed by atoms with Crippen LogP contribution in [0.1, 0.15) is 28.7 Å². The number of para-hydroxylation sites is 1. The fourth-order valence-corrected chi connectivity index (χ4v) is 3.24. The van der Waals surface area contributed by atoms with Gasteiger partial charge < -0.3 is 10.7 Å². The maximum Gasteiger partial charge on any atom is 0.0638 e. The van der Waals surface area contributed by atoms with E-state index in [0.717, 1.165) is 19.3 Å². The van der Waals surface area contributed by atoms with Crippen LogP contribution in [0.2, 0.25) is 5.02 Å². The van der Waals surface area contributed by atoms with E-state index in [4.69, 9.17) is 17.3 Å². The lowest BCUT2D eigenvalue weighted by Gasteiger charge is -2.08. The van der Waals surface area contributed by atoms with Crippen LogP contribution < -0.4 is 5.73 Å². The Kier molecular flexibility index (Phi) is 4.12. The Morgan fingerprint density at radius 1 is 1.05 bits per heavy atom. The lowest BCUT2D eigenvalue weighted by atomic mass is 9.99. The molecule has 0 amide bonds. The molecule has 3 aromatic rings. The molecule has 0 saturated carbocycles. The van der Waals surface area contributed by atoms with Crippen molar-refractivity contribution >= 4 is 28.2 Å². The van der Waals surface area contributed by atoms with E-state index < -0.39 is 0 Å². The van der Waals surface area contributed by atoms with Gasteiger partial charge >= 0.3 is 0 Å². The van der Waals surface area contributed by atoms with E-state index in [2.05, 4.69) is 43.2 Å². The molecule has 3 rings (SSSR count). The molecule has 0 fully saturated rings. The number of nitrogens with two attached hydrogens (primary N) is 1. The molecule has 0 aliphatic carbocycles. The SMILES string of the molecule is Cc1cc(N)c(Cl)cc1CCCc1c[nH]c2c(C)cccc12. The summed E-state index contributed by atoms with van der Waals surface area (Å²) in [4.78, 5) is 3.40. The van der Waals surface area contributed by atoms with Gasteiger partial charge in [-0.1, -0.05) is 29.8 Å². The molecular formula is C19H21ClN2. The van der Waals surface area contributed by atoms with Gasteiger partial charge in [-0.15, -0.1) is 0 Å². The van der Waals surface area contributed by atoms with Crippen LogP contribution in [-0.2, 0) is 12.8 Å². The minimum atomic E-state index is 0.656. The maximum absolute atomic E-state index is 6.13. The number of halogens is 1. The Balaban J connectivity index is 1.73. The summed E-state index contributed by atoms with van der Waals surface area (Å²) in [6.07, 6.45) is 5.32. The number of nitrogen functional groups attached to an aromatic ring is 1. The van der Waals surface area contributed by atoms with Crippen molar-refractivity contribution in [3.8, 4) is 0 Å². The summed E-state index contributed by atoms with van der Waals surface area (Å²) in [5, 5.41) is 2.00. The normalized spacial score (nSPS) is 11.2. The highest BCUT2D eigenvalue weighted by atomic mass is 35.5. The van der Waals surface area contributed by atoms with Crippen LogP contribution in [0.25, 0.3) is 10.9 Å². The molecule has 0 aliphatic heterocycles. The van der Waals surface area contributed by atoms with Gasteiger partial charge in [-0.3, -0.25) is 0 Å². The number of rotatable bonds is 4. The number of H-pyrrole nitrogens is 1. The lowest BCUT2D eigenvalue weighted by Crippen LogP contribution is -1.95. The van der Waals surface area contributed by atoms with Gasteiger partial charge in [-0.05, 0) is 67.5 Å². The molecule has 3 heteroatoms. The van der Waals surface area contributed by atoms with Crippen molar-refractivity contribution in [2.75, 3.05) is 5.73 Å². The first-order valence-electron chi connectivity index (χ1n) is 7.66. The molecule has 0 radical (unpaired) electrons. The van der Waals surface area contributed by atoms with Crippen molar-refractivity contribution < 1.29 is 0 Å². The van der Waals surface area contributed by atoms with Crippen LogP contribution in [-0.4, -0.2) is 4.98 Å². The highest BCUT2D eigenvalue weighted by molar-refractivity contribution is 6.33. The Morgan fingerprint density at radius 3 is 2.64 bits per heavy atom. The van der Waals surface area contributed by atoms with Gasteiger partial charge in [0, 0.05) is 17.1 Å². The van der Waals surface area contributed by atoms with Gasteiger partial charge in [0.25, 0.3) is 0 Å². The van der Waals surface area contributed by atoms with E-state index in [9.17, 15) is 0 Å². The number of benzene rings is 2. The van der Waals surface area contributed by atoms with Crippen molar-refractivity contribution in [3.63, 3.8) is 0 Å². The molecule has 2 aromatic carbocycles. The Labute approximate surface area is 136 Å². The number of fused-ring (bicyclic) bond motifs is 1. The van der Waals surface area contributed by atoms with Crippen molar-refractivity contribution in [2.45, 2.75) is 33.1 Å². The summed E-state index contributed by atoms with van der Waals surface area (Å²) in [6.45, 7) is 4.24. The van der Waals surface area contributed by atoms with E-state index in [-0.39, 0.29) is 0 Å². The molecule has 0 atom stereocenters. The second kappa shape index (κ2) is 6.05. The number of aryl methyl sites for hydroxylation is 4. The lowest BCUT2D eigenvalue weighted by molar-refractivity contribution is 0.820. The van der Waals surface area contributed by atoms with E-state index in [0.29, 0.717) is 10.7 Å². The Morgan fingerprint density at radius 2 is 1.82 bits per heavy atom. The topological polar surface area (TPSA) is 41.8 Å². The average molecular weight is 313 g/mol. The fourth-order valence-electron chi connectivity index (χ4n) is 3.05. The van der Waals surface area contributed by atoms with Gasteiger partial charge in [-0.25, -0.2) is 0 Å². The second-order valence-corrected chi connectivity index (χ2v) is 6.37. The number of hydrogen-bond donors (Lipinski definition) is 2. The summed E-state index contributed by atoms with van der Waals surface area (Å²) < 4.78 is 0. The molecule has 0 bridgehead atoms. The van der Waals surface area contributed by atoms with Crippen LogP contribution in [0.4, 0.5) is 5.69 Å². The molecule has 0 spiro atoms. The highest BCUT2D eigenvalue weighted by Gasteiger charge is 2.07. The number of anilines is 1. The molecule has 3 N–H and O–H groups in total. The molecular weight excluding hydrogens is 292 g/mol. The molecule has 22 heavy (non-hydrogen) atoms. The fraction of sp³-hybridized carbons (Fsp3) is 0.263. The summed E-state index contributed by atoms with van der Waals surface area (Å²) in [6, 6.07) is 10.4. The zero-order valence-electron chi connectivity index (χ0n) is 13.0. The van der Waals surface area contributed by atoms with Gasteiger partial charge in [0.05, 0.1) is 10.7 Å². The van der Waals surface area contributed by atoms with E-state index in [1.54, 1.807) is 0 Å². The number of nitrogens with one attached hydrogen (secondary N) is 1. The monoisotopic (exact) mass is 312 g/mol. The van der Waals surface area contributed by atoms with Crippen molar-refractivity contribution in [3.05, 3.63) is 63.8 Å². The maximum atomic E-state index is 6.13. The average Bonchev–Trinajstić information content (AvgIpc) is 2.89. The van der Waals surface area contributed by atoms with E-state index in [1.165, 1.54) is 33.2 Å². The highest BCUT2D eigenvalue weighted by Crippen LogP contribution is 2.26. The van der Waals surface area contributed by atoms with Gasteiger partial charge in [-0.2, -0.15) is 0 Å². The molecule has 1 aromatic heterocycles. The van der Waals surface area contributed by atoms with E-state index in [1.807, 2.05) is 12.1 Å². The summed E-state index contributed by atoms with van der Waals surface area (Å²) in [5.41, 5.74) is 12.9. The second-order valence-electron chi connectivity index (χ2n) is 5.97. The largest absolute Gasteiger partial charge is 0.398 e. The predicted octanol–water partition coefficient (Wildman–Crippen LogP) is 5.20. The van der Waals surface area contributed by atoms with Gasteiger partial charge in [0.2, 0.25) is 0 Å². The number of hydrogen-bond acceptors (Lipinski definition) is 1. The van der Waals surface area contributed by atoms with Crippen LogP contribution in [0, 0.1) is 13.8 Å². The molecule has 2 nitrogen and oxygen atoms in total. The van der Waals surface area contributed by atoms with Crippen LogP contribution in [0.15, 0.2) is 36.5 Å². The first-order chi connectivity index (χ1) is 10.6. The smallest absolute Gasteiger partial charge is 0.0638 e. The zero-order chi connectivity index (χ0) is 15.7. The third kappa shape index (κ3) is 2.84. The predicted molar refractivity (Wildman–Crippen MR) is 95.7 cm³/mol. The quantitative estimate of drug-likeness (QED) is 0.639. The standard InChI is InChI=1S/C19H21ClN2/c1-12-5-3-8-16-15(11-22-19(12)16)7-4-6-14-10-17(20)18(21)9-13(14)2/h3,5,8-11,22H,4,6-7,21H2,1-2H3. The third-order valence-corrected chi connectivity index (χ3v) is 4.68. The Bertz CT molecular complexity index is 818. The minimum absolute atomic E-state index is 0.656. The first kappa shape index (κ1) is 15.0. The zero-order valence-corrected chi connectivity index (χ0v) is 13.8. The summed E-state index contributed by atoms with van der Waals surface area (Å²) in [7, 11) is 0. The Hall–Kier alpha value is -1.93. The molecule has 1 heterocycles. The molecule has 0 aliphatic rings. The number of aromatic amines is 1.